The molecule has 3 aromatic rings. The van der Waals surface area contributed by atoms with Gasteiger partial charge in [0.15, 0.2) is 0 Å². The maximum absolute atomic E-state index is 12.3. The molecule has 0 saturated heterocycles. The predicted molar refractivity (Wildman–Crippen MR) is 95.2 cm³/mol. The Hall–Kier alpha value is -2.83. The first-order valence-electron chi connectivity index (χ1n) is 7.42. The highest BCUT2D eigenvalue weighted by Crippen LogP contribution is 2.24. The Morgan fingerprint density at radius 2 is 1.70 bits per heavy atom. The first-order valence-corrected chi connectivity index (χ1v) is 10.2. The van der Waals surface area contributed by atoms with Crippen LogP contribution in [0.2, 0.25) is 0 Å². The second-order valence-electron chi connectivity index (χ2n) is 5.61. The lowest BCUT2D eigenvalue weighted by atomic mass is 10.1. The van der Waals surface area contributed by atoms with E-state index in [4.69, 9.17) is 4.18 Å². The lowest BCUT2D eigenvalue weighted by Crippen LogP contribution is -2.29. The fraction of sp³-hybridized carbons (Fsp3) is 0.133. The van der Waals surface area contributed by atoms with Crippen LogP contribution in [0.4, 0.5) is 0 Å². The molecule has 0 atom stereocenters. The minimum atomic E-state index is -4.44. The van der Waals surface area contributed by atoms with E-state index in [9.17, 15) is 21.6 Å². The number of fused-ring (bicyclic) bond motifs is 1. The molecular weight excluding hydrogens is 396 g/mol. The van der Waals surface area contributed by atoms with Crippen LogP contribution in [-0.2, 0) is 20.3 Å². The van der Waals surface area contributed by atoms with Crippen molar-refractivity contribution in [3.8, 4) is 5.75 Å². The fourth-order valence-electron chi connectivity index (χ4n) is 2.16. The molecule has 12 heteroatoms. The molecular formula is C15H14N4O6S2. The van der Waals surface area contributed by atoms with Crippen LogP contribution in [0, 0.1) is 0 Å². The van der Waals surface area contributed by atoms with E-state index >= 15 is 0 Å². The molecule has 0 N–H and O–H groups in total. The molecule has 0 unspecified atom stereocenters. The summed E-state index contributed by atoms with van der Waals surface area (Å²) in [6.07, 6.45) is 1.48. The molecule has 27 heavy (non-hydrogen) atoms. The van der Waals surface area contributed by atoms with Crippen molar-refractivity contribution in [2.45, 2.75) is 5.16 Å². The first kappa shape index (κ1) is 18.9. The number of hydrogen-bond donors (Lipinski definition) is 0. The maximum Gasteiger partial charge on any atom is 0.377 e. The Balaban J connectivity index is 1.92. The highest BCUT2D eigenvalue weighted by atomic mass is 32.2. The third kappa shape index (κ3) is 3.67. The molecule has 2 aromatic carbocycles. The van der Waals surface area contributed by atoms with E-state index in [1.165, 1.54) is 26.2 Å². The van der Waals surface area contributed by atoms with Crippen molar-refractivity contribution in [1.29, 1.82) is 0 Å². The summed E-state index contributed by atoms with van der Waals surface area (Å²) in [6, 6.07) is 9.35. The monoisotopic (exact) mass is 410 g/mol. The van der Waals surface area contributed by atoms with E-state index in [2.05, 4.69) is 10.1 Å². The summed E-state index contributed by atoms with van der Waals surface area (Å²) >= 11 is 0. The largest absolute Gasteiger partial charge is 0.377 e. The predicted octanol–water partition coefficient (Wildman–Crippen LogP) is 0.666. The summed E-state index contributed by atoms with van der Waals surface area (Å²) in [4.78, 5) is 14.3. The van der Waals surface area contributed by atoms with E-state index in [0.717, 1.165) is 16.0 Å². The SMILES string of the molecule is CN(C)S(=O)(=O)n1cnc(S(=O)(=O)Oc2ccc3cc(C=O)ccc3c2)n1. The number of rotatable bonds is 6. The number of aldehydes is 1. The zero-order valence-corrected chi connectivity index (χ0v) is 15.8. The molecule has 0 aliphatic carbocycles. The van der Waals surface area contributed by atoms with Gasteiger partial charge in [0.2, 0.25) is 0 Å². The van der Waals surface area contributed by atoms with Crippen molar-refractivity contribution in [2.24, 2.45) is 0 Å². The Morgan fingerprint density at radius 1 is 1.04 bits per heavy atom. The van der Waals surface area contributed by atoms with Crippen LogP contribution in [0.15, 0.2) is 47.9 Å². The number of carbonyl (C=O) groups is 1. The number of aromatic nitrogens is 3. The minimum Gasteiger partial charge on any atom is -0.377 e. The lowest BCUT2D eigenvalue weighted by molar-refractivity contribution is 0.112. The van der Waals surface area contributed by atoms with Crippen molar-refractivity contribution < 1.29 is 25.8 Å². The average molecular weight is 410 g/mol. The molecule has 0 aliphatic heterocycles. The zero-order valence-electron chi connectivity index (χ0n) is 14.2. The normalized spacial score (nSPS) is 12.4. The van der Waals surface area contributed by atoms with Gasteiger partial charge in [-0.3, -0.25) is 4.79 Å². The minimum absolute atomic E-state index is 0.00632. The molecule has 0 fully saturated rings. The number of benzene rings is 2. The molecule has 0 bridgehead atoms. The Kier molecular flexibility index (Phi) is 4.71. The van der Waals surface area contributed by atoms with Gasteiger partial charge in [0.25, 0.3) is 0 Å². The molecule has 3 rings (SSSR count). The smallest absolute Gasteiger partial charge is 0.377 e. The van der Waals surface area contributed by atoms with Crippen LogP contribution in [-0.4, -0.2) is 55.7 Å². The summed E-state index contributed by atoms with van der Waals surface area (Å²) in [5, 5.41) is 4.07. The Labute approximate surface area is 155 Å². The average Bonchev–Trinajstić information content (AvgIpc) is 3.12. The van der Waals surface area contributed by atoms with Gasteiger partial charge in [0.05, 0.1) is 0 Å². The van der Waals surface area contributed by atoms with Crippen LogP contribution in [0.3, 0.4) is 0 Å². The van der Waals surface area contributed by atoms with Crippen LogP contribution in [0.1, 0.15) is 10.4 Å². The zero-order chi connectivity index (χ0) is 19.8. The van der Waals surface area contributed by atoms with Crippen LogP contribution in [0.25, 0.3) is 10.8 Å². The molecule has 1 heterocycles. The van der Waals surface area contributed by atoms with Gasteiger partial charge in [-0.1, -0.05) is 18.2 Å². The quantitative estimate of drug-likeness (QED) is 0.428. The van der Waals surface area contributed by atoms with Crippen molar-refractivity contribution in [3.05, 3.63) is 48.3 Å². The third-order valence-electron chi connectivity index (χ3n) is 3.55. The molecule has 0 amide bonds. The fourth-order valence-corrected chi connectivity index (χ4v) is 3.69. The van der Waals surface area contributed by atoms with Gasteiger partial charge in [-0.25, -0.2) is 4.98 Å². The topological polar surface area (TPSA) is 129 Å². The molecule has 0 saturated carbocycles. The van der Waals surface area contributed by atoms with Crippen molar-refractivity contribution in [2.75, 3.05) is 14.1 Å². The van der Waals surface area contributed by atoms with E-state index in [1.54, 1.807) is 24.3 Å². The summed E-state index contributed by atoms with van der Waals surface area (Å²) in [5.74, 6) is -0.00632. The number of hydrogen-bond acceptors (Lipinski definition) is 8. The van der Waals surface area contributed by atoms with E-state index in [1.807, 2.05) is 0 Å². The summed E-state index contributed by atoms with van der Waals surface area (Å²) in [7, 11) is -5.90. The molecule has 142 valence electrons. The first-order chi connectivity index (χ1) is 12.6. The van der Waals surface area contributed by atoms with Gasteiger partial charge in [-0.2, -0.15) is 21.1 Å². The summed E-state index contributed by atoms with van der Waals surface area (Å²) in [5.41, 5.74) is 0.487. The van der Waals surface area contributed by atoms with Gasteiger partial charge < -0.3 is 4.18 Å². The molecule has 0 spiro atoms. The Bertz CT molecular complexity index is 1230. The molecule has 10 nitrogen and oxygen atoms in total. The second kappa shape index (κ2) is 6.72. The standard InChI is InChI=1S/C15H14N4O6S2/c1-18(2)27(23,24)19-10-16-15(17-19)26(21,22)25-14-6-5-12-7-11(9-20)3-4-13(12)8-14/h3-10H,1-2H3. The van der Waals surface area contributed by atoms with Crippen molar-refractivity contribution in [1.82, 2.24) is 18.5 Å². The van der Waals surface area contributed by atoms with Gasteiger partial charge in [0.1, 0.15) is 18.4 Å². The van der Waals surface area contributed by atoms with Gasteiger partial charge in [0, 0.05) is 19.7 Å². The lowest BCUT2D eigenvalue weighted by Gasteiger charge is -2.09. The second-order valence-corrected chi connectivity index (χ2v) is 9.05. The van der Waals surface area contributed by atoms with Crippen molar-refractivity contribution >= 4 is 37.4 Å². The Morgan fingerprint density at radius 3 is 2.37 bits per heavy atom. The van der Waals surface area contributed by atoms with Crippen LogP contribution >= 0.6 is 0 Å². The number of nitrogens with zero attached hydrogens (tertiary/aromatic N) is 4. The molecule has 0 radical (unpaired) electrons. The highest BCUT2D eigenvalue weighted by Gasteiger charge is 2.26. The molecule has 1 aromatic heterocycles. The van der Waals surface area contributed by atoms with Gasteiger partial charge in [-0.15, -0.1) is 9.19 Å². The van der Waals surface area contributed by atoms with Gasteiger partial charge >= 0.3 is 25.5 Å². The van der Waals surface area contributed by atoms with E-state index in [-0.39, 0.29) is 5.75 Å². The summed E-state index contributed by atoms with van der Waals surface area (Å²) < 4.78 is 54.9. The van der Waals surface area contributed by atoms with Gasteiger partial charge in [-0.05, 0) is 29.0 Å². The highest BCUT2D eigenvalue weighted by molar-refractivity contribution is 7.87. The summed E-state index contributed by atoms with van der Waals surface area (Å²) in [6.45, 7) is 0. The third-order valence-corrected chi connectivity index (χ3v) is 6.17. The van der Waals surface area contributed by atoms with Crippen molar-refractivity contribution in [3.63, 3.8) is 0 Å². The molecule has 0 aliphatic rings. The van der Waals surface area contributed by atoms with E-state index in [0.29, 0.717) is 21.3 Å². The van der Waals surface area contributed by atoms with Crippen LogP contribution < -0.4 is 4.18 Å². The van der Waals surface area contributed by atoms with Crippen LogP contribution in [0.5, 0.6) is 5.75 Å². The maximum atomic E-state index is 12.3. The number of carbonyl (C=O) groups excluding carboxylic acids is 1. The van der Waals surface area contributed by atoms with E-state index < -0.39 is 25.5 Å².